The van der Waals surface area contributed by atoms with Crippen molar-refractivity contribution in [3.8, 4) is 0 Å². The van der Waals surface area contributed by atoms with Crippen LogP contribution in [0.5, 0.6) is 0 Å². The number of amides is 1. The van der Waals surface area contributed by atoms with Crippen molar-refractivity contribution in [2.45, 2.75) is 13.8 Å². The Kier molecular flexibility index (Phi) is 11.6. The molecule has 0 aliphatic heterocycles. The Balaban J connectivity index is 0. The van der Waals surface area contributed by atoms with Gasteiger partial charge in [0.1, 0.15) is 0 Å². The summed E-state index contributed by atoms with van der Waals surface area (Å²) in [5.74, 6) is -0.435. The van der Waals surface area contributed by atoms with Crippen molar-refractivity contribution in [2.75, 3.05) is 19.8 Å². The van der Waals surface area contributed by atoms with Crippen LogP contribution in [0.4, 0.5) is 0 Å². The molecule has 0 rings (SSSR count). The maximum absolute atomic E-state index is 9.82. The summed E-state index contributed by atoms with van der Waals surface area (Å²) in [6.45, 7) is 8.05. The van der Waals surface area contributed by atoms with Crippen LogP contribution < -0.4 is 5.73 Å². The molecule has 0 aliphatic carbocycles. The number of aliphatic hydroxyl groups is 1. The number of nitrogens with two attached hydrogens (primary N) is 1. The quantitative estimate of drug-likeness (QED) is 0.469. The summed E-state index contributed by atoms with van der Waals surface area (Å²) in [4.78, 5) is 9.82. The Morgan fingerprint density at radius 2 is 2.08 bits per heavy atom. The summed E-state index contributed by atoms with van der Waals surface area (Å²) in [7, 11) is 0. The molecule has 0 unspecified atom stereocenters. The maximum atomic E-state index is 9.82. The number of aliphatic hydroxyl groups excluding tert-OH is 1. The Bertz CT molecular complexity index is 118. The van der Waals surface area contributed by atoms with Crippen molar-refractivity contribution >= 4 is 5.91 Å². The van der Waals surface area contributed by atoms with Crippen LogP contribution in [-0.2, 0) is 9.53 Å². The average molecular weight is 175 g/mol. The number of carbonyl (C=O) groups is 1. The highest BCUT2D eigenvalue weighted by Gasteiger charge is 1.86. The van der Waals surface area contributed by atoms with Crippen molar-refractivity contribution in [3.63, 3.8) is 0 Å². The van der Waals surface area contributed by atoms with Gasteiger partial charge >= 0.3 is 0 Å². The zero-order chi connectivity index (χ0) is 9.98. The van der Waals surface area contributed by atoms with Crippen molar-refractivity contribution in [1.29, 1.82) is 0 Å². The molecule has 0 atom stereocenters. The van der Waals surface area contributed by atoms with Gasteiger partial charge in [0.05, 0.1) is 13.2 Å². The molecule has 0 aromatic heterocycles. The van der Waals surface area contributed by atoms with Gasteiger partial charge in [0.25, 0.3) is 0 Å². The molecule has 0 saturated heterocycles. The third kappa shape index (κ3) is 16.1. The smallest absolute Gasteiger partial charge is 0.243 e. The molecule has 0 radical (unpaired) electrons. The minimum atomic E-state index is -0.435. The Morgan fingerprint density at radius 3 is 2.17 bits per heavy atom. The monoisotopic (exact) mass is 175 g/mol. The summed E-state index contributed by atoms with van der Waals surface area (Å²) in [6.07, 6.45) is 0. The molecule has 0 spiro atoms. The predicted molar refractivity (Wildman–Crippen MR) is 47.6 cm³/mol. The third-order valence-electron chi connectivity index (χ3n) is 0.860. The first-order valence-corrected chi connectivity index (χ1v) is 3.70. The van der Waals surface area contributed by atoms with Crippen LogP contribution >= 0.6 is 0 Å². The van der Waals surface area contributed by atoms with E-state index in [2.05, 4.69) is 6.58 Å². The van der Waals surface area contributed by atoms with E-state index in [4.69, 9.17) is 15.6 Å². The second kappa shape index (κ2) is 10.1. The van der Waals surface area contributed by atoms with E-state index in [0.717, 1.165) is 0 Å². The first kappa shape index (κ1) is 13.7. The van der Waals surface area contributed by atoms with E-state index < -0.39 is 5.91 Å². The molecule has 0 heterocycles. The zero-order valence-corrected chi connectivity index (χ0v) is 7.67. The summed E-state index contributed by atoms with van der Waals surface area (Å²) in [5.41, 5.74) is 5.09. The highest BCUT2D eigenvalue weighted by Crippen LogP contribution is 1.78. The fourth-order valence-electron chi connectivity index (χ4n) is 0.209. The van der Waals surface area contributed by atoms with E-state index in [9.17, 15) is 4.79 Å². The van der Waals surface area contributed by atoms with Crippen molar-refractivity contribution in [2.24, 2.45) is 5.73 Å². The highest BCUT2D eigenvalue weighted by atomic mass is 16.5. The van der Waals surface area contributed by atoms with Crippen LogP contribution in [0.15, 0.2) is 12.2 Å². The summed E-state index contributed by atoms with van der Waals surface area (Å²) >= 11 is 0. The van der Waals surface area contributed by atoms with E-state index in [1.807, 2.05) is 6.92 Å². The summed E-state index contributed by atoms with van der Waals surface area (Å²) in [6, 6.07) is 0. The predicted octanol–water partition coefficient (Wildman–Crippen LogP) is 0.0630. The standard InChI is InChI=1S/C4H7NO.C4H10O2/c1-3(2)4(5)6;1-2-6-4-3-5/h1H2,2H3,(H2,5,6);5H,2-4H2,1H3. The Labute approximate surface area is 73.0 Å². The number of ether oxygens (including phenoxy) is 1. The number of primary amides is 1. The molecule has 0 aromatic carbocycles. The SMILES string of the molecule is C=C(C)C(N)=O.CCOCCO. The minimum absolute atomic E-state index is 0.133. The third-order valence-corrected chi connectivity index (χ3v) is 0.860. The molecule has 0 saturated carbocycles. The highest BCUT2D eigenvalue weighted by molar-refractivity contribution is 5.90. The van der Waals surface area contributed by atoms with Gasteiger partial charge in [0.2, 0.25) is 5.91 Å². The van der Waals surface area contributed by atoms with Gasteiger partial charge < -0.3 is 15.6 Å². The first-order valence-electron chi connectivity index (χ1n) is 3.70. The molecule has 4 nitrogen and oxygen atoms in total. The van der Waals surface area contributed by atoms with Crippen molar-refractivity contribution in [3.05, 3.63) is 12.2 Å². The van der Waals surface area contributed by atoms with E-state index >= 15 is 0 Å². The molecular weight excluding hydrogens is 158 g/mol. The minimum Gasteiger partial charge on any atom is -0.394 e. The Morgan fingerprint density at radius 1 is 1.67 bits per heavy atom. The molecule has 3 N–H and O–H groups in total. The molecule has 72 valence electrons. The molecular formula is C8H17NO3. The summed E-state index contributed by atoms with van der Waals surface area (Å²) < 4.78 is 4.73. The van der Waals surface area contributed by atoms with E-state index in [-0.39, 0.29) is 6.61 Å². The molecule has 4 heteroatoms. The summed E-state index contributed by atoms with van der Waals surface area (Å²) in [5, 5.41) is 8.07. The fraction of sp³-hybridized carbons (Fsp3) is 0.625. The molecule has 0 aliphatic rings. The Hall–Kier alpha value is -0.870. The van der Waals surface area contributed by atoms with Gasteiger partial charge in [0, 0.05) is 12.2 Å². The van der Waals surface area contributed by atoms with Gasteiger partial charge in [-0.1, -0.05) is 6.58 Å². The van der Waals surface area contributed by atoms with Crippen LogP contribution in [-0.4, -0.2) is 30.8 Å². The number of hydrogen-bond acceptors (Lipinski definition) is 3. The van der Waals surface area contributed by atoms with Crippen LogP contribution in [0.25, 0.3) is 0 Å². The van der Waals surface area contributed by atoms with E-state index in [1.54, 1.807) is 6.92 Å². The second-order valence-electron chi connectivity index (χ2n) is 2.07. The van der Waals surface area contributed by atoms with Crippen LogP contribution in [0, 0.1) is 0 Å². The lowest BCUT2D eigenvalue weighted by Crippen LogP contribution is -2.10. The lowest BCUT2D eigenvalue weighted by molar-refractivity contribution is -0.114. The van der Waals surface area contributed by atoms with Gasteiger partial charge in [-0.15, -0.1) is 0 Å². The van der Waals surface area contributed by atoms with E-state index in [0.29, 0.717) is 18.8 Å². The second-order valence-corrected chi connectivity index (χ2v) is 2.07. The first-order chi connectivity index (χ1) is 5.56. The molecule has 0 aromatic rings. The van der Waals surface area contributed by atoms with Crippen LogP contribution in [0.2, 0.25) is 0 Å². The van der Waals surface area contributed by atoms with Gasteiger partial charge in [0.15, 0.2) is 0 Å². The van der Waals surface area contributed by atoms with Gasteiger partial charge in [-0.25, -0.2) is 0 Å². The van der Waals surface area contributed by atoms with Gasteiger partial charge in [-0.05, 0) is 13.8 Å². The zero-order valence-electron chi connectivity index (χ0n) is 7.67. The maximum Gasteiger partial charge on any atom is 0.243 e. The topological polar surface area (TPSA) is 72.6 Å². The number of carbonyl (C=O) groups excluding carboxylic acids is 1. The lowest BCUT2D eigenvalue weighted by atomic mass is 10.3. The normalized spacial score (nSPS) is 8.25. The van der Waals surface area contributed by atoms with Gasteiger partial charge in [-0.3, -0.25) is 4.79 Å². The van der Waals surface area contributed by atoms with E-state index in [1.165, 1.54) is 0 Å². The number of rotatable bonds is 4. The molecule has 12 heavy (non-hydrogen) atoms. The molecule has 0 bridgehead atoms. The van der Waals surface area contributed by atoms with Crippen LogP contribution in [0.3, 0.4) is 0 Å². The average Bonchev–Trinajstić information content (AvgIpc) is 2.02. The van der Waals surface area contributed by atoms with Crippen molar-refractivity contribution < 1.29 is 14.6 Å². The largest absolute Gasteiger partial charge is 0.394 e. The van der Waals surface area contributed by atoms with Crippen LogP contribution in [0.1, 0.15) is 13.8 Å². The fourth-order valence-corrected chi connectivity index (χ4v) is 0.209. The van der Waals surface area contributed by atoms with Gasteiger partial charge in [-0.2, -0.15) is 0 Å². The number of hydrogen-bond donors (Lipinski definition) is 2. The lowest BCUT2D eigenvalue weighted by Gasteiger charge is -1.91. The van der Waals surface area contributed by atoms with Crippen molar-refractivity contribution in [1.82, 2.24) is 0 Å². The molecule has 1 amide bonds. The molecule has 0 fully saturated rings.